The maximum atomic E-state index is 12.1. The van der Waals surface area contributed by atoms with Crippen LogP contribution in [-0.2, 0) is 6.61 Å². The molecule has 1 N–H and O–H groups in total. The minimum atomic E-state index is -0.453. The highest BCUT2D eigenvalue weighted by atomic mass is 16.5. The molecule has 1 amide bonds. The van der Waals surface area contributed by atoms with Gasteiger partial charge in [-0.25, -0.2) is 5.43 Å². The Morgan fingerprint density at radius 3 is 2.53 bits per heavy atom. The van der Waals surface area contributed by atoms with Gasteiger partial charge in [0.05, 0.1) is 12.5 Å². The fraction of sp³-hybridized carbons (Fsp3) is 0.130. The van der Waals surface area contributed by atoms with E-state index in [1.54, 1.807) is 24.3 Å². The molecule has 0 bridgehead atoms. The molecule has 0 aliphatic heterocycles. The molecule has 0 atom stereocenters. The van der Waals surface area contributed by atoms with Gasteiger partial charge in [-0.15, -0.1) is 0 Å². The second-order valence-corrected chi connectivity index (χ2v) is 6.71. The van der Waals surface area contributed by atoms with E-state index in [1.165, 1.54) is 23.9 Å². The molecule has 4 rings (SSSR count). The van der Waals surface area contributed by atoms with E-state index in [0.29, 0.717) is 17.3 Å². The zero-order valence-electron chi connectivity index (χ0n) is 16.7. The van der Waals surface area contributed by atoms with Crippen molar-refractivity contribution in [2.75, 3.05) is 0 Å². The van der Waals surface area contributed by atoms with E-state index >= 15 is 0 Å². The summed E-state index contributed by atoms with van der Waals surface area (Å²) in [5, 5.41) is 3.82. The Bertz CT molecular complexity index is 1130. The molecule has 30 heavy (non-hydrogen) atoms. The Balaban J connectivity index is 1.32. The Morgan fingerprint density at radius 1 is 1.07 bits per heavy atom. The van der Waals surface area contributed by atoms with Crippen molar-refractivity contribution in [2.24, 2.45) is 5.10 Å². The summed E-state index contributed by atoms with van der Waals surface area (Å²) in [6.07, 6.45) is 2.93. The van der Waals surface area contributed by atoms with Gasteiger partial charge in [0.15, 0.2) is 5.76 Å². The smallest absolute Gasteiger partial charge is 0.307 e. The van der Waals surface area contributed by atoms with Gasteiger partial charge < -0.3 is 18.1 Å². The van der Waals surface area contributed by atoms with Crippen LogP contribution in [-0.4, -0.2) is 16.7 Å². The molecule has 0 aliphatic carbocycles. The number of ether oxygens (including phenoxy) is 1. The number of nitrogens with zero attached hydrogens (tertiary/aromatic N) is 2. The topological polar surface area (TPSA) is 81.9 Å². The molecule has 0 saturated carbocycles. The van der Waals surface area contributed by atoms with Gasteiger partial charge >= 0.3 is 5.91 Å². The van der Waals surface area contributed by atoms with Crippen LogP contribution < -0.4 is 10.2 Å². The Kier molecular flexibility index (Phi) is 5.52. The van der Waals surface area contributed by atoms with Crippen molar-refractivity contribution in [1.82, 2.24) is 9.99 Å². The summed E-state index contributed by atoms with van der Waals surface area (Å²) in [7, 11) is 0. The maximum Gasteiger partial charge on any atom is 0.307 e. The van der Waals surface area contributed by atoms with Gasteiger partial charge in [0.2, 0.25) is 0 Å². The number of hydrazone groups is 1. The largest absolute Gasteiger partial charge is 0.486 e. The molecule has 7 nitrogen and oxygen atoms in total. The van der Waals surface area contributed by atoms with Crippen LogP contribution in [0, 0.1) is 13.8 Å². The normalized spacial score (nSPS) is 11.1. The molecule has 0 fully saturated rings. The van der Waals surface area contributed by atoms with Crippen LogP contribution in [0.3, 0.4) is 0 Å². The van der Waals surface area contributed by atoms with E-state index in [9.17, 15) is 4.79 Å². The van der Waals surface area contributed by atoms with Gasteiger partial charge in [-0.2, -0.15) is 5.10 Å². The Morgan fingerprint density at radius 2 is 1.83 bits per heavy atom. The highest BCUT2D eigenvalue weighted by molar-refractivity contribution is 5.92. The zero-order chi connectivity index (χ0) is 20.9. The van der Waals surface area contributed by atoms with Gasteiger partial charge in [0.25, 0.3) is 0 Å². The van der Waals surface area contributed by atoms with Gasteiger partial charge in [-0.1, -0.05) is 0 Å². The van der Waals surface area contributed by atoms with Crippen molar-refractivity contribution in [1.29, 1.82) is 0 Å². The number of hydrogen-bond acceptors (Lipinski definition) is 5. The second kappa shape index (κ2) is 8.57. The second-order valence-electron chi connectivity index (χ2n) is 6.71. The molecule has 3 aromatic heterocycles. The summed E-state index contributed by atoms with van der Waals surface area (Å²) in [6, 6.07) is 18.8. The van der Waals surface area contributed by atoms with E-state index < -0.39 is 5.91 Å². The predicted octanol–water partition coefficient (Wildman–Crippen LogP) is 4.62. The predicted molar refractivity (Wildman–Crippen MR) is 112 cm³/mol. The number of carbonyl (C=O) groups excluding carboxylic acids is 1. The lowest BCUT2D eigenvalue weighted by atomic mass is 10.3. The lowest BCUT2D eigenvalue weighted by Gasteiger charge is -2.10. The molecule has 0 unspecified atom stereocenters. The number of amides is 1. The quantitative estimate of drug-likeness (QED) is 0.360. The number of furan rings is 2. The summed E-state index contributed by atoms with van der Waals surface area (Å²) in [4.78, 5) is 12.1. The Labute approximate surface area is 173 Å². The van der Waals surface area contributed by atoms with Crippen LogP contribution >= 0.6 is 0 Å². The van der Waals surface area contributed by atoms with Gasteiger partial charge in [0.1, 0.15) is 23.9 Å². The highest BCUT2D eigenvalue weighted by Crippen LogP contribution is 2.20. The molecule has 3 heterocycles. The van der Waals surface area contributed by atoms with Gasteiger partial charge in [-0.3, -0.25) is 4.79 Å². The third-order valence-corrected chi connectivity index (χ3v) is 4.53. The van der Waals surface area contributed by atoms with Gasteiger partial charge in [-0.05, 0) is 74.5 Å². The number of aryl methyl sites for hydroxylation is 2. The lowest BCUT2D eigenvalue weighted by molar-refractivity contribution is 0.0923. The molecule has 7 heteroatoms. The SMILES string of the molecule is Cc1ccc(C)n1-c1ccc(OCc2ccc(C(=O)N/N=C/c3ccco3)o2)cc1. The van der Waals surface area contributed by atoms with Gasteiger partial charge in [0, 0.05) is 17.1 Å². The first-order valence-corrected chi connectivity index (χ1v) is 9.44. The van der Waals surface area contributed by atoms with Crippen LogP contribution in [0.4, 0.5) is 0 Å². The average Bonchev–Trinajstić information content (AvgIpc) is 3.49. The number of aromatic nitrogens is 1. The first-order valence-electron chi connectivity index (χ1n) is 9.44. The van der Waals surface area contributed by atoms with Crippen molar-refractivity contribution in [2.45, 2.75) is 20.5 Å². The van der Waals surface area contributed by atoms with Crippen LogP contribution in [0.5, 0.6) is 5.75 Å². The molecular weight excluding hydrogens is 382 g/mol. The van der Waals surface area contributed by atoms with Crippen LogP contribution in [0.2, 0.25) is 0 Å². The monoisotopic (exact) mass is 403 g/mol. The van der Waals surface area contributed by atoms with Crippen LogP contribution in [0.15, 0.2) is 80.9 Å². The molecular formula is C23H21N3O4. The number of nitrogens with one attached hydrogen (secondary N) is 1. The first-order chi connectivity index (χ1) is 14.6. The first kappa shape index (κ1) is 19.3. The summed E-state index contributed by atoms with van der Waals surface area (Å²) < 4.78 is 18.6. The van der Waals surface area contributed by atoms with Crippen molar-refractivity contribution < 1.29 is 18.4 Å². The van der Waals surface area contributed by atoms with Crippen LogP contribution in [0.25, 0.3) is 5.69 Å². The molecule has 1 aromatic carbocycles. The van der Waals surface area contributed by atoms with Crippen LogP contribution in [0.1, 0.15) is 33.5 Å². The minimum absolute atomic E-state index is 0.152. The highest BCUT2D eigenvalue weighted by Gasteiger charge is 2.11. The number of rotatable bonds is 7. The van der Waals surface area contributed by atoms with E-state index in [4.69, 9.17) is 13.6 Å². The zero-order valence-corrected chi connectivity index (χ0v) is 16.7. The number of hydrogen-bond donors (Lipinski definition) is 1. The van der Waals surface area contributed by atoms with Crippen molar-refractivity contribution in [3.05, 3.63) is 95.6 Å². The molecule has 152 valence electrons. The standard InChI is InChI=1S/C23H21N3O4/c1-16-5-6-17(2)26(16)18-7-9-19(10-8-18)29-15-21-11-12-22(30-21)23(27)25-24-14-20-4-3-13-28-20/h3-14H,15H2,1-2H3,(H,25,27)/b24-14+. The number of carbonyl (C=O) groups is 1. The fourth-order valence-electron chi connectivity index (χ4n) is 3.07. The van der Waals surface area contributed by atoms with Crippen molar-refractivity contribution in [3.8, 4) is 11.4 Å². The maximum absolute atomic E-state index is 12.1. The summed E-state index contributed by atoms with van der Waals surface area (Å²) in [6.45, 7) is 4.36. The van der Waals surface area contributed by atoms with E-state index in [2.05, 4.69) is 41.1 Å². The summed E-state index contributed by atoms with van der Waals surface area (Å²) in [5.74, 6) is 1.49. The molecule has 4 aromatic rings. The molecule has 0 aliphatic rings. The van der Waals surface area contributed by atoms with Crippen molar-refractivity contribution in [3.63, 3.8) is 0 Å². The van der Waals surface area contributed by atoms with E-state index in [1.807, 2.05) is 24.3 Å². The third-order valence-electron chi connectivity index (χ3n) is 4.53. The summed E-state index contributed by atoms with van der Waals surface area (Å²) >= 11 is 0. The third kappa shape index (κ3) is 4.35. The van der Waals surface area contributed by atoms with E-state index in [0.717, 1.165) is 5.69 Å². The molecule has 0 saturated heterocycles. The minimum Gasteiger partial charge on any atom is -0.486 e. The molecule has 0 radical (unpaired) electrons. The average molecular weight is 403 g/mol. The van der Waals surface area contributed by atoms with Crippen molar-refractivity contribution >= 4 is 12.1 Å². The lowest BCUT2D eigenvalue weighted by Crippen LogP contribution is -2.16. The Hall–Kier alpha value is -4.00. The fourth-order valence-corrected chi connectivity index (χ4v) is 3.07. The number of benzene rings is 1. The summed E-state index contributed by atoms with van der Waals surface area (Å²) in [5.41, 5.74) is 5.82. The molecule has 0 spiro atoms. The van der Waals surface area contributed by atoms with E-state index in [-0.39, 0.29) is 12.4 Å².